The number of hydrogen-bond donors (Lipinski definition) is 0. The molecule has 0 heterocycles. The summed E-state index contributed by atoms with van der Waals surface area (Å²) >= 11 is 1.57. The number of ketones is 1. The van der Waals surface area contributed by atoms with Gasteiger partial charge >= 0.3 is 5.69 Å². The van der Waals surface area contributed by atoms with Gasteiger partial charge in [0.25, 0.3) is 0 Å². The number of nitrogens with zero attached hydrogens (tertiary/aromatic N) is 1. The van der Waals surface area contributed by atoms with Crippen LogP contribution < -0.4 is 4.74 Å². The lowest BCUT2D eigenvalue weighted by Gasteiger charge is -2.09. The first-order valence-corrected chi connectivity index (χ1v) is 6.76. The van der Waals surface area contributed by atoms with E-state index in [9.17, 15) is 14.9 Å². The first-order valence-electron chi connectivity index (χ1n) is 5.36. The van der Waals surface area contributed by atoms with Crippen LogP contribution in [0.1, 0.15) is 17.3 Å². The number of rotatable bonds is 6. The van der Waals surface area contributed by atoms with Gasteiger partial charge in [-0.15, -0.1) is 0 Å². The Morgan fingerprint density at radius 3 is 2.72 bits per heavy atom. The molecule has 18 heavy (non-hydrogen) atoms. The quantitative estimate of drug-likeness (QED) is 0.451. The number of Topliss-reactive ketones (excluding diaryl/α,β-unsaturated/α-hetero) is 1. The first-order chi connectivity index (χ1) is 8.51. The minimum absolute atomic E-state index is 0.0879. The van der Waals surface area contributed by atoms with Crippen LogP contribution in [-0.2, 0) is 0 Å². The number of ether oxygens (including phenoxy) is 1. The van der Waals surface area contributed by atoms with Crippen LogP contribution in [0.3, 0.4) is 0 Å². The maximum absolute atomic E-state index is 12.0. The lowest BCUT2D eigenvalue weighted by Crippen LogP contribution is -2.14. The van der Waals surface area contributed by atoms with Gasteiger partial charge in [0, 0.05) is 23.3 Å². The SMILES string of the molecule is COc1ccc(C(=O)C(C)CSC)cc1[N+](=O)[O-]. The molecule has 0 aliphatic rings. The maximum atomic E-state index is 12.0. The standard InChI is InChI=1S/C12H15NO4S/c1-8(7-18-3)12(14)9-4-5-11(17-2)10(6-9)13(15)16/h4-6,8H,7H2,1-3H3. The maximum Gasteiger partial charge on any atom is 0.311 e. The second-order valence-corrected chi connectivity index (χ2v) is 4.78. The zero-order valence-corrected chi connectivity index (χ0v) is 11.3. The van der Waals surface area contributed by atoms with Gasteiger partial charge in [-0.05, 0) is 18.4 Å². The van der Waals surface area contributed by atoms with Gasteiger partial charge in [0.2, 0.25) is 0 Å². The Bertz CT molecular complexity index is 461. The van der Waals surface area contributed by atoms with E-state index in [1.807, 2.05) is 13.2 Å². The molecule has 0 aliphatic heterocycles. The molecule has 1 aromatic rings. The van der Waals surface area contributed by atoms with Crippen LogP contribution in [0.15, 0.2) is 18.2 Å². The highest BCUT2D eigenvalue weighted by molar-refractivity contribution is 7.98. The van der Waals surface area contributed by atoms with Crippen molar-refractivity contribution in [3.8, 4) is 5.75 Å². The summed E-state index contributed by atoms with van der Waals surface area (Å²) < 4.78 is 4.89. The van der Waals surface area contributed by atoms with E-state index in [1.54, 1.807) is 17.8 Å². The highest BCUT2D eigenvalue weighted by Gasteiger charge is 2.20. The molecule has 6 heteroatoms. The van der Waals surface area contributed by atoms with Crippen molar-refractivity contribution in [2.75, 3.05) is 19.1 Å². The van der Waals surface area contributed by atoms with Crippen molar-refractivity contribution in [2.45, 2.75) is 6.92 Å². The first kappa shape index (κ1) is 14.5. The normalized spacial score (nSPS) is 11.9. The summed E-state index contributed by atoms with van der Waals surface area (Å²) in [6, 6.07) is 4.29. The summed E-state index contributed by atoms with van der Waals surface area (Å²) in [6.07, 6.45) is 1.92. The molecule has 0 saturated carbocycles. The van der Waals surface area contributed by atoms with Crippen LogP contribution in [0.25, 0.3) is 0 Å². The fourth-order valence-corrected chi connectivity index (χ4v) is 2.25. The van der Waals surface area contributed by atoms with Gasteiger partial charge in [0.15, 0.2) is 11.5 Å². The Kier molecular flexibility index (Phi) is 5.15. The lowest BCUT2D eigenvalue weighted by atomic mass is 10.0. The highest BCUT2D eigenvalue weighted by atomic mass is 32.2. The third-order valence-electron chi connectivity index (χ3n) is 2.52. The van der Waals surface area contributed by atoms with Gasteiger partial charge in [-0.2, -0.15) is 11.8 Å². The van der Waals surface area contributed by atoms with Gasteiger partial charge in [-0.25, -0.2) is 0 Å². The van der Waals surface area contributed by atoms with E-state index in [2.05, 4.69) is 0 Å². The van der Waals surface area contributed by atoms with Crippen molar-refractivity contribution in [3.63, 3.8) is 0 Å². The van der Waals surface area contributed by atoms with Gasteiger partial charge in [0.05, 0.1) is 12.0 Å². The molecule has 1 rings (SSSR count). The molecule has 1 unspecified atom stereocenters. The monoisotopic (exact) mass is 269 g/mol. The van der Waals surface area contributed by atoms with E-state index in [4.69, 9.17) is 4.74 Å². The van der Waals surface area contributed by atoms with Gasteiger partial charge < -0.3 is 4.74 Å². The molecule has 0 N–H and O–H groups in total. The molecule has 98 valence electrons. The number of carbonyl (C=O) groups is 1. The number of carbonyl (C=O) groups excluding carboxylic acids is 1. The van der Waals surface area contributed by atoms with E-state index < -0.39 is 4.92 Å². The molecule has 0 spiro atoms. The second-order valence-electron chi connectivity index (χ2n) is 3.86. The summed E-state index contributed by atoms with van der Waals surface area (Å²) in [5.74, 6) is 0.607. The lowest BCUT2D eigenvalue weighted by molar-refractivity contribution is -0.385. The third kappa shape index (κ3) is 3.22. The molecule has 0 saturated heterocycles. The van der Waals surface area contributed by atoms with Gasteiger partial charge in [-0.3, -0.25) is 14.9 Å². The molecular weight excluding hydrogens is 254 g/mol. The number of nitro groups is 1. The molecule has 0 bridgehead atoms. The number of benzene rings is 1. The predicted molar refractivity (Wildman–Crippen MR) is 71.5 cm³/mol. The molecular formula is C12H15NO4S. The molecule has 1 atom stereocenters. The van der Waals surface area contributed by atoms with Crippen LogP contribution >= 0.6 is 11.8 Å². The molecule has 0 fully saturated rings. The summed E-state index contributed by atoms with van der Waals surface area (Å²) in [4.78, 5) is 22.3. The molecule has 5 nitrogen and oxygen atoms in total. The largest absolute Gasteiger partial charge is 0.490 e. The number of thioether (sulfide) groups is 1. The van der Waals surface area contributed by atoms with E-state index in [0.29, 0.717) is 11.3 Å². The Morgan fingerprint density at radius 2 is 2.22 bits per heavy atom. The van der Waals surface area contributed by atoms with E-state index in [0.717, 1.165) is 0 Å². The Morgan fingerprint density at radius 1 is 1.56 bits per heavy atom. The third-order valence-corrected chi connectivity index (χ3v) is 3.36. The molecule has 0 aromatic heterocycles. The van der Waals surface area contributed by atoms with E-state index in [1.165, 1.54) is 19.2 Å². The van der Waals surface area contributed by atoms with Crippen LogP contribution in [-0.4, -0.2) is 29.8 Å². The summed E-state index contributed by atoms with van der Waals surface area (Å²) in [5.41, 5.74) is 0.170. The average Bonchev–Trinajstić information content (AvgIpc) is 2.37. The topological polar surface area (TPSA) is 69.4 Å². The van der Waals surface area contributed by atoms with Crippen molar-refractivity contribution in [2.24, 2.45) is 5.92 Å². The van der Waals surface area contributed by atoms with Crippen molar-refractivity contribution >= 4 is 23.2 Å². The number of nitro benzene ring substituents is 1. The number of methoxy groups -OCH3 is 1. The summed E-state index contributed by atoms with van der Waals surface area (Å²) in [7, 11) is 1.36. The minimum atomic E-state index is -0.547. The second kappa shape index (κ2) is 6.39. The fraction of sp³-hybridized carbons (Fsp3) is 0.417. The van der Waals surface area contributed by atoms with Crippen LogP contribution in [0.2, 0.25) is 0 Å². The van der Waals surface area contributed by atoms with Crippen molar-refractivity contribution < 1.29 is 14.5 Å². The van der Waals surface area contributed by atoms with E-state index in [-0.39, 0.29) is 23.1 Å². The van der Waals surface area contributed by atoms with E-state index >= 15 is 0 Å². The molecule has 0 aliphatic carbocycles. The average molecular weight is 269 g/mol. The van der Waals surface area contributed by atoms with Crippen LogP contribution in [0, 0.1) is 16.0 Å². The van der Waals surface area contributed by atoms with Gasteiger partial charge in [0.1, 0.15) is 0 Å². The molecule has 1 aromatic carbocycles. The zero-order chi connectivity index (χ0) is 13.7. The minimum Gasteiger partial charge on any atom is -0.490 e. The zero-order valence-electron chi connectivity index (χ0n) is 10.5. The smallest absolute Gasteiger partial charge is 0.311 e. The Hall–Kier alpha value is -1.56. The summed E-state index contributed by atoms with van der Waals surface area (Å²) in [6.45, 7) is 1.81. The predicted octanol–water partition coefficient (Wildman–Crippen LogP) is 2.79. The number of hydrogen-bond acceptors (Lipinski definition) is 5. The van der Waals surface area contributed by atoms with Crippen molar-refractivity contribution in [3.05, 3.63) is 33.9 Å². The highest BCUT2D eigenvalue weighted by Crippen LogP contribution is 2.28. The fourth-order valence-electron chi connectivity index (χ4n) is 1.60. The van der Waals surface area contributed by atoms with Crippen LogP contribution in [0.4, 0.5) is 5.69 Å². The molecule has 0 radical (unpaired) electrons. The summed E-state index contributed by atoms with van der Waals surface area (Å²) in [5, 5.41) is 10.9. The van der Waals surface area contributed by atoms with Crippen molar-refractivity contribution in [1.29, 1.82) is 0 Å². The van der Waals surface area contributed by atoms with Crippen LogP contribution in [0.5, 0.6) is 5.75 Å². The molecule has 0 amide bonds. The Balaban J connectivity index is 3.08. The Labute approximate surface area is 110 Å². The van der Waals surface area contributed by atoms with Gasteiger partial charge in [-0.1, -0.05) is 6.92 Å². The van der Waals surface area contributed by atoms with Crippen molar-refractivity contribution in [1.82, 2.24) is 0 Å².